The van der Waals surface area contributed by atoms with Crippen molar-refractivity contribution in [2.75, 3.05) is 0 Å². The van der Waals surface area contributed by atoms with Crippen molar-refractivity contribution in [2.24, 2.45) is 0 Å². The second-order valence-corrected chi connectivity index (χ2v) is 11.5. The summed E-state index contributed by atoms with van der Waals surface area (Å²) < 4.78 is 67.9. The molecular formula is C31H33Cl2MnN7O9. The van der Waals surface area contributed by atoms with E-state index < -0.39 is 20.5 Å². The Hall–Kier alpha value is -3.59. The molecule has 0 aromatic carbocycles. The van der Waals surface area contributed by atoms with E-state index in [0.29, 0.717) is 13.1 Å². The van der Waals surface area contributed by atoms with Gasteiger partial charge in [-0.15, -0.1) is 20.5 Å². The van der Waals surface area contributed by atoms with Gasteiger partial charge in [0.05, 0.1) is 34.2 Å². The second kappa shape index (κ2) is 23.0. The average Bonchev–Trinajstić information content (AvgIpc) is 3.02. The van der Waals surface area contributed by atoms with Gasteiger partial charge in [0.1, 0.15) is 0 Å². The molecule has 0 bridgehead atoms. The first-order valence-electron chi connectivity index (χ1n) is 14.0. The zero-order valence-electron chi connectivity index (χ0n) is 26.2. The molecule has 2 N–H and O–H groups in total. The van der Waals surface area contributed by atoms with Crippen molar-refractivity contribution in [3.05, 3.63) is 150 Å². The van der Waals surface area contributed by atoms with Crippen molar-refractivity contribution in [1.29, 1.82) is 0 Å². The number of hydrogen-bond acceptors (Lipinski definition) is 15. The summed E-state index contributed by atoms with van der Waals surface area (Å²) in [6.07, 6.45) is 7.35. The van der Waals surface area contributed by atoms with E-state index in [1.807, 2.05) is 73.3 Å². The molecular weight excluding hydrogens is 740 g/mol. The van der Waals surface area contributed by atoms with Crippen molar-refractivity contribution in [3.8, 4) is 0 Å². The van der Waals surface area contributed by atoms with Crippen LogP contribution in [0.4, 0.5) is 0 Å². The van der Waals surface area contributed by atoms with E-state index in [1.54, 1.807) is 0 Å². The molecule has 0 saturated heterocycles. The van der Waals surface area contributed by atoms with Crippen LogP contribution in [0.25, 0.3) is 0 Å². The van der Waals surface area contributed by atoms with Crippen LogP contribution in [0, 0.1) is 20.5 Å². The molecule has 0 aliphatic heterocycles. The first-order valence-corrected chi connectivity index (χ1v) is 16.5. The molecule has 0 aliphatic carbocycles. The molecule has 0 fully saturated rings. The Morgan fingerprint density at radius 3 is 0.820 bits per heavy atom. The van der Waals surface area contributed by atoms with Gasteiger partial charge in [0.15, 0.2) is 0 Å². The molecule has 0 saturated carbocycles. The van der Waals surface area contributed by atoms with Gasteiger partial charge in [-0.1, -0.05) is 30.3 Å². The van der Waals surface area contributed by atoms with Gasteiger partial charge in [-0.05, 0) is 60.7 Å². The maximum absolute atomic E-state index is 8.49. The molecule has 0 spiro atoms. The summed E-state index contributed by atoms with van der Waals surface area (Å²) in [5.74, 6) is 0. The van der Waals surface area contributed by atoms with Gasteiger partial charge < -0.3 is 5.48 Å². The number of nitrogens with zero attached hydrogens (tertiary/aromatic N) is 7. The van der Waals surface area contributed by atoms with Crippen molar-refractivity contribution in [2.45, 2.75) is 39.3 Å². The normalized spacial score (nSPS) is 10.9. The van der Waals surface area contributed by atoms with Gasteiger partial charge >= 0.3 is 17.1 Å². The quantitative estimate of drug-likeness (QED) is 0.107. The third-order valence-corrected chi connectivity index (χ3v) is 6.08. The Bertz CT molecular complexity index is 1390. The maximum atomic E-state index is 8.49. The predicted molar refractivity (Wildman–Crippen MR) is 151 cm³/mol. The minimum Gasteiger partial charge on any atom is -0.412 e. The standard InChI is InChI=1S/C31H31N7.2ClHO4.Mn.H2O/c1-5-16-32-26(10-1)20-37(21-27-11-2-6-17-33-27)24-30-14-9-15-31(36-30)25-38(22-28-12-3-7-18-34-28)23-29-13-4-8-19-35-29;2*2-1(3,4)5;;/h1-19H,20-25H2;2*(H,2,3,4,5);;1H2/q;;;+2;/p-2. The summed E-state index contributed by atoms with van der Waals surface area (Å²) >= 11 is 0. The van der Waals surface area contributed by atoms with Crippen molar-refractivity contribution in [1.82, 2.24) is 34.7 Å². The summed E-state index contributed by atoms with van der Waals surface area (Å²) in [5, 5.41) is 0. The minimum atomic E-state index is -4.94. The number of pyridine rings is 5. The molecule has 0 amide bonds. The summed E-state index contributed by atoms with van der Waals surface area (Å²) in [7, 11) is -9.89. The summed E-state index contributed by atoms with van der Waals surface area (Å²) in [5.41, 5.74) is 6.14. The third-order valence-electron chi connectivity index (χ3n) is 6.08. The smallest absolute Gasteiger partial charge is 0.412 e. The van der Waals surface area contributed by atoms with Gasteiger partial charge in [-0.2, -0.15) is 0 Å². The Kier molecular flexibility index (Phi) is 20.4. The molecule has 267 valence electrons. The molecule has 0 aliphatic rings. The van der Waals surface area contributed by atoms with Gasteiger partial charge in [0.2, 0.25) is 0 Å². The summed E-state index contributed by atoms with van der Waals surface area (Å²) in [6, 6.07) is 30.4. The van der Waals surface area contributed by atoms with Crippen LogP contribution in [0.1, 0.15) is 34.2 Å². The molecule has 19 heteroatoms. The Morgan fingerprint density at radius 2 is 0.600 bits per heavy atom. The van der Waals surface area contributed by atoms with Crippen LogP contribution in [-0.4, -0.2) is 40.2 Å². The van der Waals surface area contributed by atoms with E-state index in [2.05, 4.69) is 72.2 Å². The van der Waals surface area contributed by atoms with Crippen molar-refractivity contribution >= 4 is 0 Å². The first-order chi connectivity index (χ1) is 22.8. The minimum absolute atomic E-state index is 0. The molecule has 5 aromatic heterocycles. The van der Waals surface area contributed by atoms with E-state index >= 15 is 0 Å². The van der Waals surface area contributed by atoms with Crippen LogP contribution in [0.3, 0.4) is 0 Å². The van der Waals surface area contributed by atoms with E-state index in [0.717, 1.165) is 60.3 Å². The van der Waals surface area contributed by atoms with Gasteiger partial charge in [0, 0.05) is 64.1 Å². The fourth-order valence-corrected chi connectivity index (χ4v) is 4.38. The second-order valence-electron chi connectivity index (χ2n) is 9.95. The Balaban J connectivity index is 0.000000919. The first kappa shape index (κ1) is 44.4. The van der Waals surface area contributed by atoms with Crippen LogP contribution < -0.4 is 37.3 Å². The van der Waals surface area contributed by atoms with E-state index in [9.17, 15) is 0 Å². The zero-order valence-corrected chi connectivity index (χ0v) is 28.9. The number of rotatable bonds is 12. The average molecular weight is 773 g/mol. The molecule has 0 atom stereocenters. The summed E-state index contributed by atoms with van der Waals surface area (Å²) in [6.45, 7) is 4.26. The van der Waals surface area contributed by atoms with Crippen LogP contribution in [0.5, 0.6) is 0 Å². The monoisotopic (exact) mass is 772 g/mol. The zero-order chi connectivity index (χ0) is 34.8. The van der Waals surface area contributed by atoms with Crippen LogP contribution in [0.2, 0.25) is 0 Å². The predicted octanol–water partition coefficient (Wildman–Crippen LogP) is -5.27. The molecule has 16 nitrogen and oxygen atoms in total. The topological polar surface area (TPSA) is 287 Å². The van der Waals surface area contributed by atoms with Gasteiger partial charge in [0.25, 0.3) is 0 Å². The fourth-order valence-electron chi connectivity index (χ4n) is 4.38. The number of hydrogen-bond donors (Lipinski definition) is 0. The van der Waals surface area contributed by atoms with Gasteiger partial charge in [-0.3, -0.25) is 34.7 Å². The van der Waals surface area contributed by atoms with Crippen molar-refractivity contribution < 1.29 is 80.3 Å². The van der Waals surface area contributed by atoms with Crippen LogP contribution in [0.15, 0.2) is 116 Å². The molecule has 0 unspecified atom stereocenters. The molecule has 5 aromatic rings. The molecule has 1 radical (unpaired) electrons. The van der Waals surface area contributed by atoms with Crippen molar-refractivity contribution in [3.63, 3.8) is 0 Å². The van der Waals surface area contributed by atoms with E-state index in [4.69, 9.17) is 42.3 Å². The van der Waals surface area contributed by atoms with E-state index in [1.165, 1.54) is 0 Å². The fraction of sp³-hybridized carbons (Fsp3) is 0.194. The van der Waals surface area contributed by atoms with Crippen LogP contribution >= 0.6 is 0 Å². The van der Waals surface area contributed by atoms with Crippen LogP contribution in [-0.2, 0) is 56.3 Å². The molecule has 5 heterocycles. The maximum Gasteiger partial charge on any atom is 2.00 e. The third kappa shape index (κ3) is 21.5. The summed E-state index contributed by atoms with van der Waals surface area (Å²) in [4.78, 5) is 27.9. The van der Waals surface area contributed by atoms with Gasteiger partial charge in [-0.25, -0.2) is 37.3 Å². The molecule has 5 rings (SSSR count). The number of aromatic nitrogens is 5. The number of halogens is 2. The van der Waals surface area contributed by atoms with E-state index in [-0.39, 0.29) is 22.5 Å². The molecule has 50 heavy (non-hydrogen) atoms. The Morgan fingerprint density at radius 1 is 0.380 bits per heavy atom. The largest absolute Gasteiger partial charge is 2.00 e. The SMILES string of the molecule is O.[Mn+2].[O-][Cl+3]([O-])([O-])[O-].[O-][Cl+3]([O-])([O-])[O-].c1ccc(CN(Cc2ccccn2)Cc2cccc(CN(Cc3ccccn3)Cc3ccccn3)n2)nc1. The Labute approximate surface area is 303 Å².